The SMILES string of the molecule is CCC(C)NC(=O)CCCSc1nnc2c3ccccc3n(Cc3ccccc3)c2n1. The number of nitrogens with zero attached hydrogens (tertiary/aromatic N) is 4. The Balaban J connectivity index is 1.52. The van der Waals surface area contributed by atoms with Crippen molar-refractivity contribution in [3.63, 3.8) is 0 Å². The Labute approximate surface area is 186 Å². The number of carbonyl (C=O) groups is 1. The molecule has 0 saturated heterocycles. The molecule has 4 aromatic rings. The lowest BCUT2D eigenvalue weighted by atomic mass is 10.2. The molecule has 1 unspecified atom stereocenters. The van der Waals surface area contributed by atoms with Gasteiger partial charge in [-0.15, -0.1) is 10.2 Å². The molecule has 0 bridgehead atoms. The molecule has 0 aliphatic heterocycles. The van der Waals surface area contributed by atoms with E-state index in [1.54, 1.807) is 11.8 Å². The summed E-state index contributed by atoms with van der Waals surface area (Å²) in [7, 11) is 0. The minimum atomic E-state index is 0.104. The maximum Gasteiger partial charge on any atom is 0.220 e. The highest BCUT2D eigenvalue weighted by Gasteiger charge is 2.15. The number of fused-ring (bicyclic) bond motifs is 3. The summed E-state index contributed by atoms with van der Waals surface area (Å²) in [6, 6.07) is 18.8. The fraction of sp³-hybridized carbons (Fsp3) is 0.333. The zero-order valence-corrected chi connectivity index (χ0v) is 18.7. The van der Waals surface area contributed by atoms with Crippen LogP contribution in [0.15, 0.2) is 59.8 Å². The van der Waals surface area contributed by atoms with Gasteiger partial charge in [-0.25, -0.2) is 4.98 Å². The van der Waals surface area contributed by atoms with E-state index >= 15 is 0 Å². The van der Waals surface area contributed by atoms with Crippen LogP contribution in [0.4, 0.5) is 0 Å². The predicted octanol–water partition coefficient (Wildman–Crippen LogP) is 4.81. The Hall–Kier alpha value is -2.93. The van der Waals surface area contributed by atoms with Crippen LogP contribution in [0, 0.1) is 0 Å². The van der Waals surface area contributed by atoms with E-state index in [9.17, 15) is 4.79 Å². The van der Waals surface area contributed by atoms with Gasteiger partial charge in [0.15, 0.2) is 5.65 Å². The topological polar surface area (TPSA) is 72.7 Å². The highest BCUT2D eigenvalue weighted by molar-refractivity contribution is 7.99. The number of benzene rings is 2. The van der Waals surface area contributed by atoms with Crippen LogP contribution < -0.4 is 5.32 Å². The van der Waals surface area contributed by atoms with Crippen molar-refractivity contribution < 1.29 is 4.79 Å². The van der Waals surface area contributed by atoms with E-state index < -0.39 is 0 Å². The first-order valence-corrected chi connectivity index (χ1v) is 11.7. The summed E-state index contributed by atoms with van der Waals surface area (Å²) in [5.74, 6) is 0.882. The van der Waals surface area contributed by atoms with E-state index in [1.165, 1.54) is 5.56 Å². The lowest BCUT2D eigenvalue weighted by molar-refractivity contribution is -0.121. The lowest BCUT2D eigenvalue weighted by Crippen LogP contribution is -2.31. The molecule has 2 aromatic carbocycles. The first-order valence-electron chi connectivity index (χ1n) is 10.7. The standard InChI is InChI=1S/C24H27N5OS/c1-3-17(2)25-21(30)14-9-15-31-24-26-23-22(27-28-24)19-12-7-8-13-20(19)29(23)16-18-10-5-4-6-11-18/h4-8,10-13,17H,3,9,14-16H2,1-2H3,(H,25,30). The second kappa shape index (κ2) is 9.92. The van der Waals surface area contributed by atoms with Crippen molar-refractivity contribution in [3.05, 3.63) is 60.2 Å². The minimum absolute atomic E-state index is 0.104. The van der Waals surface area contributed by atoms with Gasteiger partial charge in [-0.1, -0.05) is 67.2 Å². The van der Waals surface area contributed by atoms with Crippen LogP contribution in [0.3, 0.4) is 0 Å². The molecule has 0 saturated carbocycles. The van der Waals surface area contributed by atoms with E-state index in [0.29, 0.717) is 11.6 Å². The molecule has 0 radical (unpaired) electrons. The molecule has 7 heteroatoms. The molecule has 1 atom stereocenters. The van der Waals surface area contributed by atoms with Crippen LogP contribution in [0.25, 0.3) is 22.1 Å². The largest absolute Gasteiger partial charge is 0.354 e. The van der Waals surface area contributed by atoms with Gasteiger partial charge in [0, 0.05) is 30.1 Å². The fourth-order valence-corrected chi connectivity index (χ4v) is 4.24. The van der Waals surface area contributed by atoms with Gasteiger partial charge < -0.3 is 9.88 Å². The number of aromatic nitrogens is 4. The average molecular weight is 434 g/mol. The van der Waals surface area contributed by atoms with Crippen LogP contribution in [0.5, 0.6) is 0 Å². The first-order chi connectivity index (χ1) is 15.2. The van der Waals surface area contributed by atoms with Crippen molar-refractivity contribution in [2.75, 3.05) is 5.75 Å². The van der Waals surface area contributed by atoms with Gasteiger partial charge >= 0.3 is 0 Å². The molecule has 160 valence electrons. The minimum Gasteiger partial charge on any atom is -0.354 e. The van der Waals surface area contributed by atoms with E-state index in [0.717, 1.165) is 47.2 Å². The third-order valence-corrected chi connectivity index (χ3v) is 6.26. The Morgan fingerprint density at radius 3 is 2.68 bits per heavy atom. The summed E-state index contributed by atoms with van der Waals surface area (Å²) in [4.78, 5) is 16.8. The van der Waals surface area contributed by atoms with Gasteiger partial charge in [-0.05, 0) is 31.4 Å². The van der Waals surface area contributed by atoms with Crippen molar-refractivity contribution in [2.45, 2.75) is 50.9 Å². The first kappa shape index (κ1) is 21.3. The van der Waals surface area contributed by atoms with E-state index in [1.807, 2.05) is 25.1 Å². The predicted molar refractivity (Wildman–Crippen MR) is 126 cm³/mol. The lowest BCUT2D eigenvalue weighted by Gasteiger charge is -2.10. The molecule has 1 N–H and O–H groups in total. The van der Waals surface area contributed by atoms with Gasteiger partial charge in [0.1, 0.15) is 5.52 Å². The highest BCUT2D eigenvalue weighted by atomic mass is 32.2. The molecule has 0 aliphatic carbocycles. The van der Waals surface area contributed by atoms with Crippen molar-refractivity contribution >= 4 is 39.7 Å². The zero-order chi connectivity index (χ0) is 21.6. The van der Waals surface area contributed by atoms with E-state index in [-0.39, 0.29) is 11.9 Å². The summed E-state index contributed by atoms with van der Waals surface area (Å²) in [6.45, 7) is 4.82. The van der Waals surface area contributed by atoms with Crippen molar-refractivity contribution in [2.24, 2.45) is 0 Å². The second-order valence-corrected chi connectivity index (χ2v) is 8.75. The molecular weight excluding hydrogens is 406 g/mol. The molecule has 4 rings (SSSR count). The number of carbonyl (C=O) groups excluding carboxylic acids is 1. The van der Waals surface area contributed by atoms with Gasteiger partial charge in [0.05, 0.1) is 5.52 Å². The second-order valence-electron chi connectivity index (χ2n) is 7.68. The molecule has 0 fully saturated rings. The molecule has 2 heterocycles. The molecule has 0 spiro atoms. The molecule has 0 aliphatic rings. The van der Waals surface area contributed by atoms with Crippen LogP contribution in [-0.2, 0) is 11.3 Å². The van der Waals surface area contributed by atoms with E-state index in [2.05, 4.69) is 63.4 Å². The Bertz CT molecular complexity index is 1170. The fourth-order valence-electron chi connectivity index (χ4n) is 3.52. The Morgan fingerprint density at radius 1 is 1.10 bits per heavy atom. The van der Waals surface area contributed by atoms with Crippen LogP contribution in [0.1, 0.15) is 38.7 Å². The number of para-hydroxylation sites is 1. The summed E-state index contributed by atoms with van der Waals surface area (Å²) in [6.07, 6.45) is 2.24. The van der Waals surface area contributed by atoms with Gasteiger partial charge in [-0.3, -0.25) is 4.79 Å². The number of nitrogens with one attached hydrogen (secondary N) is 1. The molecular formula is C24H27N5OS. The number of hydrogen-bond acceptors (Lipinski definition) is 5. The summed E-state index contributed by atoms with van der Waals surface area (Å²) in [5, 5.41) is 13.6. The quantitative estimate of drug-likeness (QED) is 0.303. The highest BCUT2D eigenvalue weighted by Crippen LogP contribution is 2.28. The number of hydrogen-bond donors (Lipinski definition) is 1. The molecule has 1 amide bonds. The van der Waals surface area contributed by atoms with Crippen molar-refractivity contribution in [1.29, 1.82) is 0 Å². The Kier molecular flexibility index (Phi) is 6.82. The van der Waals surface area contributed by atoms with Crippen molar-refractivity contribution in [1.82, 2.24) is 25.1 Å². The normalized spacial score (nSPS) is 12.3. The summed E-state index contributed by atoms with van der Waals surface area (Å²) >= 11 is 1.55. The Morgan fingerprint density at radius 2 is 1.87 bits per heavy atom. The van der Waals surface area contributed by atoms with E-state index in [4.69, 9.17) is 4.98 Å². The zero-order valence-electron chi connectivity index (χ0n) is 17.9. The smallest absolute Gasteiger partial charge is 0.220 e. The third kappa shape index (κ3) is 5.05. The van der Waals surface area contributed by atoms with Crippen molar-refractivity contribution in [3.8, 4) is 0 Å². The molecule has 2 aromatic heterocycles. The van der Waals surface area contributed by atoms with Gasteiger partial charge in [0.25, 0.3) is 0 Å². The monoisotopic (exact) mass is 433 g/mol. The maximum atomic E-state index is 11.9. The number of thioether (sulfide) groups is 1. The molecule has 6 nitrogen and oxygen atoms in total. The maximum absolute atomic E-state index is 11.9. The number of rotatable bonds is 9. The molecule has 31 heavy (non-hydrogen) atoms. The number of amides is 1. The van der Waals surface area contributed by atoms with Crippen LogP contribution >= 0.6 is 11.8 Å². The van der Waals surface area contributed by atoms with Gasteiger partial charge in [-0.2, -0.15) is 0 Å². The summed E-state index contributed by atoms with van der Waals surface area (Å²) < 4.78 is 2.21. The summed E-state index contributed by atoms with van der Waals surface area (Å²) in [5.41, 5.74) is 3.98. The average Bonchev–Trinajstić information content (AvgIpc) is 3.10. The van der Waals surface area contributed by atoms with Gasteiger partial charge in [0.2, 0.25) is 11.1 Å². The van der Waals surface area contributed by atoms with Crippen LogP contribution in [-0.4, -0.2) is 37.5 Å². The third-order valence-electron chi connectivity index (χ3n) is 5.34. The van der Waals surface area contributed by atoms with Crippen LogP contribution in [0.2, 0.25) is 0 Å².